The van der Waals surface area contributed by atoms with Gasteiger partial charge in [-0.2, -0.15) is 0 Å². The largest absolute Gasteiger partial charge is 0.347 e. The van der Waals surface area contributed by atoms with Gasteiger partial charge in [0.2, 0.25) is 0 Å². The first-order chi connectivity index (χ1) is 8.34. The summed E-state index contributed by atoms with van der Waals surface area (Å²) in [5.74, 6) is 0. The van der Waals surface area contributed by atoms with Crippen LogP contribution < -0.4 is 0 Å². The van der Waals surface area contributed by atoms with Gasteiger partial charge >= 0.3 is 0 Å². The molecule has 3 aromatic rings. The molecule has 2 aromatic carbocycles. The molecule has 0 spiro atoms. The predicted molar refractivity (Wildman–Crippen MR) is 72.2 cm³/mol. The number of hydrogen-bond acceptors (Lipinski definition) is 0. The number of para-hydroxylation sites is 1. The van der Waals surface area contributed by atoms with Crippen molar-refractivity contribution in [2.75, 3.05) is 0 Å². The highest BCUT2D eigenvalue weighted by molar-refractivity contribution is 5.81. The summed E-state index contributed by atoms with van der Waals surface area (Å²) in [6.45, 7) is 0. The van der Waals surface area contributed by atoms with E-state index in [1.165, 1.54) is 22.2 Å². The van der Waals surface area contributed by atoms with E-state index in [-0.39, 0.29) is 0 Å². The molecule has 0 aliphatic rings. The zero-order valence-corrected chi connectivity index (χ0v) is 9.93. The summed E-state index contributed by atoms with van der Waals surface area (Å²) >= 11 is 0. The number of rotatable bonds is 2. The fourth-order valence-electron chi connectivity index (χ4n) is 2.32. The second-order valence-electron chi connectivity index (χ2n) is 4.42. The summed E-state index contributed by atoms with van der Waals surface area (Å²) in [5, 5.41) is 1.32. The first kappa shape index (κ1) is 10.2. The number of aryl methyl sites for hydroxylation is 1. The maximum absolute atomic E-state index is 2.28. The summed E-state index contributed by atoms with van der Waals surface area (Å²) in [7, 11) is 2.14. The minimum Gasteiger partial charge on any atom is -0.347 e. The van der Waals surface area contributed by atoms with E-state index < -0.39 is 0 Å². The summed E-state index contributed by atoms with van der Waals surface area (Å²) in [5.41, 5.74) is 4.02. The predicted octanol–water partition coefficient (Wildman–Crippen LogP) is 3.77. The second-order valence-corrected chi connectivity index (χ2v) is 4.42. The van der Waals surface area contributed by atoms with Crippen LogP contribution in [0.2, 0.25) is 0 Å². The topological polar surface area (TPSA) is 4.93 Å². The Kier molecular flexibility index (Phi) is 2.45. The number of hydrogen-bond donors (Lipinski definition) is 0. The molecule has 0 aliphatic carbocycles. The van der Waals surface area contributed by atoms with Crippen molar-refractivity contribution in [2.24, 2.45) is 7.05 Å². The van der Waals surface area contributed by atoms with Crippen molar-refractivity contribution in [2.45, 2.75) is 6.42 Å². The molecule has 1 aromatic heterocycles. The summed E-state index contributed by atoms with van der Waals surface area (Å²) in [6.07, 6.45) is 0.992. The molecule has 0 N–H and O–H groups in total. The maximum atomic E-state index is 2.28. The molecule has 84 valence electrons. The van der Waals surface area contributed by atoms with Gasteiger partial charge in [0.1, 0.15) is 0 Å². The molecule has 3 rings (SSSR count). The van der Waals surface area contributed by atoms with Crippen LogP contribution in [0.15, 0.2) is 60.7 Å². The van der Waals surface area contributed by atoms with E-state index in [0.717, 1.165) is 6.42 Å². The molecule has 0 radical (unpaired) electrons. The average molecular weight is 221 g/mol. The van der Waals surface area contributed by atoms with Crippen molar-refractivity contribution in [1.29, 1.82) is 0 Å². The van der Waals surface area contributed by atoms with Crippen LogP contribution in [-0.2, 0) is 13.5 Å². The fourth-order valence-corrected chi connectivity index (χ4v) is 2.32. The molecule has 0 saturated carbocycles. The molecule has 1 heterocycles. The third-order valence-electron chi connectivity index (χ3n) is 3.28. The van der Waals surface area contributed by atoms with Crippen LogP contribution in [0.1, 0.15) is 11.3 Å². The van der Waals surface area contributed by atoms with Crippen LogP contribution in [0.4, 0.5) is 0 Å². The van der Waals surface area contributed by atoms with Gasteiger partial charge in [-0.1, -0.05) is 48.5 Å². The molecule has 0 saturated heterocycles. The van der Waals surface area contributed by atoms with E-state index >= 15 is 0 Å². The molecule has 1 heteroatoms. The first-order valence-electron chi connectivity index (χ1n) is 5.92. The lowest BCUT2D eigenvalue weighted by Gasteiger charge is -2.04. The van der Waals surface area contributed by atoms with Gasteiger partial charge < -0.3 is 4.57 Å². The number of aromatic nitrogens is 1. The van der Waals surface area contributed by atoms with Crippen LogP contribution >= 0.6 is 0 Å². The highest BCUT2D eigenvalue weighted by Crippen LogP contribution is 2.20. The van der Waals surface area contributed by atoms with Crippen molar-refractivity contribution in [3.63, 3.8) is 0 Å². The molecule has 0 unspecified atom stereocenters. The van der Waals surface area contributed by atoms with E-state index in [2.05, 4.69) is 72.3 Å². The monoisotopic (exact) mass is 221 g/mol. The fraction of sp³-hybridized carbons (Fsp3) is 0.125. The Hall–Kier alpha value is -2.02. The highest BCUT2D eigenvalue weighted by atomic mass is 14.9. The van der Waals surface area contributed by atoms with Gasteiger partial charge in [0.25, 0.3) is 0 Å². The van der Waals surface area contributed by atoms with Crippen molar-refractivity contribution >= 4 is 10.9 Å². The molecule has 0 aliphatic heterocycles. The van der Waals surface area contributed by atoms with Gasteiger partial charge in [-0.15, -0.1) is 0 Å². The summed E-state index contributed by atoms with van der Waals surface area (Å²) < 4.78 is 2.28. The lowest BCUT2D eigenvalue weighted by molar-refractivity contribution is 0.880. The smallest absolute Gasteiger partial charge is 0.0479 e. The van der Waals surface area contributed by atoms with Crippen LogP contribution in [0.25, 0.3) is 10.9 Å². The zero-order chi connectivity index (χ0) is 11.7. The van der Waals surface area contributed by atoms with E-state index in [9.17, 15) is 0 Å². The molecule has 0 atom stereocenters. The maximum Gasteiger partial charge on any atom is 0.0479 e. The van der Waals surface area contributed by atoms with Gasteiger partial charge in [-0.05, 0) is 23.1 Å². The Labute approximate surface area is 101 Å². The van der Waals surface area contributed by atoms with E-state index in [1.54, 1.807) is 0 Å². The second kappa shape index (κ2) is 4.10. The van der Waals surface area contributed by atoms with E-state index in [4.69, 9.17) is 0 Å². The number of benzene rings is 2. The van der Waals surface area contributed by atoms with Crippen molar-refractivity contribution < 1.29 is 0 Å². The van der Waals surface area contributed by atoms with Gasteiger partial charge in [-0.3, -0.25) is 0 Å². The van der Waals surface area contributed by atoms with Gasteiger partial charge in [0.15, 0.2) is 0 Å². The Bertz CT molecular complexity index is 635. The summed E-state index contributed by atoms with van der Waals surface area (Å²) in [6, 6.07) is 21.4. The minimum absolute atomic E-state index is 0.992. The van der Waals surface area contributed by atoms with Crippen molar-refractivity contribution in [3.8, 4) is 0 Å². The molecular formula is C16H15N. The SMILES string of the molecule is Cn1c(Cc2ccccc2)cc2ccccc21. The van der Waals surface area contributed by atoms with Crippen LogP contribution in [0.3, 0.4) is 0 Å². The van der Waals surface area contributed by atoms with Gasteiger partial charge in [-0.25, -0.2) is 0 Å². The van der Waals surface area contributed by atoms with E-state index in [1.807, 2.05) is 0 Å². The number of nitrogens with zero attached hydrogens (tertiary/aromatic N) is 1. The Morgan fingerprint density at radius 3 is 2.35 bits per heavy atom. The van der Waals surface area contributed by atoms with Gasteiger partial charge in [0, 0.05) is 24.7 Å². The molecule has 0 fully saturated rings. The molecule has 1 nitrogen and oxygen atoms in total. The highest BCUT2D eigenvalue weighted by Gasteiger charge is 2.05. The molecule has 17 heavy (non-hydrogen) atoms. The Morgan fingerprint density at radius 1 is 0.882 bits per heavy atom. The lowest BCUT2D eigenvalue weighted by atomic mass is 10.1. The Morgan fingerprint density at radius 2 is 1.59 bits per heavy atom. The van der Waals surface area contributed by atoms with E-state index in [0.29, 0.717) is 0 Å². The molecule has 0 amide bonds. The lowest BCUT2D eigenvalue weighted by Crippen LogP contribution is -1.96. The van der Waals surface area contributed by atoms with Crippen LogP contribution in [-0.4, -0.2) is 4.57 Å². The standard InChI is InChI=1S/C16H15N/c1-17-15(11-13-7-3-2-4-8-13)12-14-9-5-6-10-16(14)17/h2-10,12H,11H2,1H3. The minimum atomic E-state index is 0.992. The zero-order valence-electron chi connectivity index (χ0n) is 9.93. The first-order valence-corrected chi connectivity index (χ1v) is 5.92. The Balaban J connectivity index is 2.04. The summed E-state index contributed by atoms with van der Waals surface area (Å²) in [4.78, 5) is 0. The normalized spacial score (nSPS) is 10.9. The average Bonchev–Trinajstić information content (AvgIpc) is 2.68. The third-order valence-corrected chi connectivity index (χ3v) is 3.28. The van der Waals surface area contributed by atoms with Crippen LogP contribution in [0.5, 0.6) is 0 Å². The quantitative estimate of drug-likeness (QED) is 0.620. The molecule has 0 bridgehead atoms. The van der Waals surface area contributed by atoms with Crippen LogP contribution in [0, 0.1) is 0 Å². The number of fused-ring (bicyclic) bond motifs is 1. The molecular weight excluding hydrogens is 206 g/mol. The van der Waals surface area contributed by atoms with Gasteiger partial charge in [0.05, 0.1) is 0 Å². The van der Waals surface area contributed by atoms with Crippen molar-refractivity contribution in [3.05, 3.63) is 71.9 Å². The van der Waals surface area contributed by atoms with Crippen molar-refractivity contribution in [1.82, 2.24) is 4.57 Å². The third kappa shape index (κ3) is 1.84.